The molecule has 5 aromatic heterocycles. The van der Waals surface area contributed by atoms with Gasteiger partial charge in [-0.2, -0.15) is 18.3 Å². The number of rotatable bonds is 5. The van der Waals surface area contributed by atoms with Crippen molar-refractivity contribution in [2.45, 2.75) is 50.2 Å². The number of pyridine rings is 1. The molecular formula is C24H20F3N9O2. The third-order valence-corrected chi connectivity index (χ3v) is 7.13. The van der Waals surface area contributed by atoms with Crippen LogP contribution in [-0.2, 0) is 5.41 Å². The highest BCUT2D eigenvalue weighted by Gasteiger charge is 2.66. The maximum absolute atomic E-state index is 13.4. The van der Waals surface area contributed by atoms with Crippen molar-refractivity contribution in [1.29, 1.82) is 0 Å². The molecule has 0 spiro atoms. The molecule has 14 heteroatoms. The normalized spacial score (nSPS) is 16.7. The van der Waals surface area contributed by atoms with E-state index in [2.05, 4.69) is 30.7 Å². The quantitative estimate of drug-likeness (QED) is 0.331. The van der Waals surface area contributed by atoms with Crippen molar-refractivity contribution in [1.82, 2.24) is 34.3 Å². The molecule has 0 unspecified atom stereocenters. The summed E-state index contributed by atoms with van der Waals surface area (Å²) < 4.78 is 48.7. The lowest BCUT2D eigenvalue weighted by Gasteiger charge is -2.15. The Morgan fingerprint density at radius 3 is 2.68 bits per heavy atom. The van der Waals surface area contributed by atoms with E-state index in [0.717, 1.165) is 41.3 Å². The summed E-state index contributed by atoms with van der Waals surface area (Å²) in [6.45, 7) is 1.91. The molecule has 2 N–H and O–H groups in total. The van der Waals surface area contributed by atoms with Gasteiger partial charge in [-0.3, -0.25) is 9.72 Å². The zero-order valence-corrected chi connectivity index (χ0v) is 20.0. The SMILES string of the molecule is Cc1ncnc2c1c(-c1ccc(NC(=O)Nc3cc(C4(C(F)(F)F)CC4)on3)c3nccn13)nn2C1CC1. The predicted octanol–water partition coefficient (Wildman–Crippen LogP) is 5.01. The summed E-state index contributed by atoms with van der Waals surface area (Å²) in [6.07, 6.45) is 2.40. The molecule has 7 rings (SSSR count). The monoisotopic (exact) mass is 523 g/mol. The number of fused-ring (bicyclic) bond motifs is 2. The van der Waals surface area contributed by atoms with Gasteiger partial charge in [-0.25, -0.2) is 24.4 Å². The van der Waals surface area contributed by atoms with E-state index in [0.29, 0.717) is 23.1 Å². The average Bonchev–Trinajstić information content (AvgIpc) is 3.74. The van der Waals surface area contributed by atoms with E-state index < -0.39 is 17.6 Å². The number of urea groups is 1. The molecule has 2 fully saturated rings. The molecule has 38 heavy (non-hydrogen) atoms. The van der Waals surface area contributed by atoms with E-state index in [4.69, 9.17) is 9.62 Å². The second-order valence-electron chi connectivity index (χ2n) is 9.67. The summed E-state index contributed by atoms with van der Waals surface area (Å²) in [4.78, 5) is 25.9. The van der Waals surface area contributed by atoms with Gasteiger partial charge in [0.1, 0.15) is 17.4 Å². The molecule has 194 valence electrons. The lowest BCUT2D eigenvalue weighted by atomic mass is 10.0. The van der Waals surface area contributed by atoms with Crippen LogP contribution in [0, 0.1) is 6.92 Å². The number of imidazole rings is 1. The van der Waals surface area contributed by atoms with E-state index in [9.17, 15) is 18.0 Å². The number of hydrogen-bond donors (Lipinski definition) is 2. The fourth-order valence-corrected chi connectivity index (χ4v) is 4.80. The predicted molar refractivity (Wildman–Crippen MR) is 129 cm³/mol. The van der Waals surface area contributed by atoms with Crippen LogP contribution < -0.4 is 10.6 Å². The zero-order valence-electron chi connectivity index (χ0n) is 20.0. The number of halogens is 3. The van der Waals surface area contributed by atoms with Crippen LogP contribution in [0.1, 0.15) is 43.2 Å². The summed E-state index contributed by atoms with van der Waals surface area (Å²) >= 11 is 0. The summed E-state index contributed by atoms with van der Waals surface area (Å²) in [5, 5.41) is 14.4. The lowest BCUT2D eigenvalue weighted by molar-refractivity contribution is -0.165. The van der Waals surface area contributed by atoms with Crippen molar-refractivity contribution in [2.24, 2.45) is 0 Å². The van der Waals surface area contributed by atoms with Crippen LogP contribution in [0.3, 0.4) is 0 Å². The molecule has 0 bridgehead atoms. The Labute approximate surface area is 212 Å². The smallest absolute Gasteiger partial charge is 0.358 e. The Morgan fingerprint density at radius 1 is 1.13 bits per heavy atom. The van der Waals surface area contributed by atoms with Gasteiger partial charge in [0.2, 0.25) is 0 Å². The van der Waals surface area contributed by atoms with Crippen molar-refractivity contribution < 1.29 is 22.5 Å². The third-order valence-electron chi connectivity index (χ3n) is 7.13. The summed E-state index contributed by atoms with van der Waals surface area (Å²) in [7, 11) is 0. The lowest BCUT2D eigenvalue weighted by Crippen LogP contribution is -2.28. The average molecular weight is 523 g/mol. The molecule has 0 atom stereocenters. The first-order valence-electron chi connectivity index (χ1n) is 12.0. The number of carbonyl (C=O) groups excluding carboxylic acids is 1. The maximum Gasteiger partial charge on any atom is 0.401 e. The first kappa shape index (κ1) is 22.7. The third kappa shape index (κ3) is 3.43. The minimum absolute atomic E-state index is 0.0681. The Bertz CT molecular complexity index is 1730. The van der Waals surface area contributed by atoms with Crippen molar-refractivity contribution in [2.75, 3.05) is 10.6 Å². The van der Waals surface area contributed by atoms with Crippen molar-refractivity contribution in [3.05, 3.63) is 48.4 Å². The number of amides is 2. The van der Waals surface area contributed by atoms with Gasteiger partial charge >= 0.3 is 12.2 Å². The molecule has 11 nitrogen and oxygen atoms in total. The standard InChI is InChI=1S/C24H20F3N9O2/c1-12-18-19(33-36(13-2-3-13)21(18)30-11-29-12)15-5-4-14(20-28-8-9-35(15)20)31-22(37)32-17-10-16(38-34-17)23(6-7-23)24(25,26)27/h4-5,8-11,13H,2-3,6-7H2,1H3,(H2,31,32,34,37). The molecule has 0 radical (unpaired) electrons. The molecule has 2 aliphatic carbocycles. The van der Waals surface area contributed by atoms with Gasteiger partial charge in [-0.15, -0.1) is 0 Å². The minimum atomic E-state index is -4.44. The van der Waals surface area contributed by atoms with Gasteiger partial charge in [0.15, 0.2) is 22.9 Å². The fraction of sp³-hybridized carbons (Fsp3) is 0.333. The molecular weight excluding hydrogens is 503 g/mol. The van der Waals surface area contributed by atoms with Crippen molar-refractivity contribution in [3.8, 4) is 11.4 Å². The largest absolute Gasteiger partial charge is 0.401 e. The molecule has 0 saturated heterocycles. The van der Waals surface area contributed by atoms with E-state index in [1.54, 1.807) is 22.9 Å². The van der Waals surface area contributed by atoms with Gasteiger partial charge in [-0.05, 0) is 44.7 Å². The summed E-state index contributed by atoms with van der Waals surface area (Å²) in [6, 6.07) is 4.22. The van der Waals surface area contributed by atoms with Gasteiger partial charge in [0.25, 0.3) is 0 Å². The van der Waals surface area contributed by atoms with Gasteiger partial charge in [-0.1, -0.05) is 5.16 Å². The van der Waals surface area contributed by atoms with Gasteiger partial charge < -0.3 is 9.84 Å². The highest BCUT2D eigenvalue weighted by Crippen LogP contribution is 2.59. The van der Waals surface area contributed by atoms with E-state index in [1.807, 2.05) is 17.7 Å². The second-order valence-corrected chi connectivity index (χ2v) is 9.67. The van der Waals surface area contributed by atoms with Crippen LogP contribution in [0.5, 0.6) is 0 Å². The number of nitrogens with zero attached hydrogens (tertiary/aromatic N) is 7. The first-order chi connectivity index (χ1) is 18.2. The van der Waals surface area contributed by atoms with Gasteiger partial charge in [0, 0.05) is 18.5 Å². The fourth-order valence-electron chi connectivity index (χ4n) is 4.80. The topological polar surface area (TPSA) is 128 Å². The highest BCUT2D eigenvalue weighted by molar-refractivity contribution is 6.02. The number of nitrogens with one attached hydrogen (secondary N) is 2. The van der Waals surface area contributed by atoms with E-state index in [-0.39, 0.29) is 24.4 Å². The second kappa shape index (κ2) is 7.76. The molecule has 2 amide bonds. The molecule has 0 aromatic carbocycles. The number of anilines is 2. The van der Waals surface area contributed by atoms with Crippen LogP contribution in [0.2, 0.25) is 0 Å². The molecule has 5 heterocycles. The Kier molecular flexibility index (Phi) is 4.63. The summed E-state index contributed by atoms with van der Waals surface area (Å²) in [5.41, 5.74) is 1.84. The van der Waals surface area contributed by atoms with Crippen molar-refractivity contribution in [3.63, 3.8) is 0 Å². The highest BCUT2D eigenvalue weighted by atomic mass is 19.4. The van der Waals surface area contributed by atoms with Gasteiger partial charge in [0.05, 0.1) is 28.5 Å². The number of hydrogen-bond acceptors (Lipinski definition) is 7. The molecule has 0 aliphatic heterocycles. The molecule has 2 aliphatic rings. The Hall–Kier alpha value is -4.49. The van der Waals surface area contributed by atoms with Crippen LogP contribution in [0.4, 0.5) is 29.5 Å². The Balaban J connectivity index is 1.18. The van der Waals surface area contributed by atoms with E-state index in [1.165, 1.54) is 6.33 Å². The number of aryl methyl sites for hydroxylation is 1. The van der Waals surface area contributed by atoms with Crippen LogP contribution >= 0.6 is 0 Å². The van der Waals surface area contributed by atoms with Crippen LogP contribution in [0.15, 0.2) is 41.4 Å². The minimum Gasteiger partial charge on any atom is -0.358 e. The Morgan fingerprint density at radius 2 is 1.95 bits per heavy atom. The molecule has 2 saturated carbocycles. The zero-order chi connectivity index (χ0) is 26.2. The maximum atomic E-state index is 13.4. The van der Waals surface area contributed by atoms with E-state index >= 15 is 0 Å². The number of carbonyl (C=O) groups is 1. The first-order valence-corrected chi connectivity index (χ1v) is 12.0. The van der Waals surface area contributed by atoms with Crippen LogP contribution in [-0.4, -0.2) is 46.5 Å². The van der Waals surface area contributed by atoms with Crippen LogP contribution in [0.25, 0.3) is 28.1 Å². The summed E-state index contributed by atoms with van der Waals surface area (Å²) in [5.74, 6) is -0.422. The molecule has 5 aromatic rings. The van der Waals surface area contributed by atoms with Crippen molar-refractivity contribution >= 4 is 34.2 Å². The number of aromatic nitrogens is 7. The number of alkyl halides is 3.